The predicted octanol–water partition coefficient (Wildman–Crippen LogP) is 2.86. The van der Waals surface area contributed by atoms with E-state index in [1.807, 2.05) is 0 Å². The molecular weight excluding hydrogens is 290 g/mol. The van der Waals surface area contributed by atoms with Crippen molar-refractivity contribution in [3.8, 4) is 0 Å². The number of benzene rings is 1. The van der Waals surface area contributed by atoms with Gasteiger partial charge in [0, 0.05) is 6.54 Å². The Balaban J connectivity index is 2.50. The number of carbonyl (C=O) groups excluding carboxylic acids is 1. The van der Waals surface area contributed by atoms with Gasteiger partial charge in [0.15, 0.2) is 0 Å². The van der Waals surface area contributed by atoms with Crippen LogP contribution in [-0.2, 0) is 6.18 Å². The molecular formula is C13H11F4N3O. The number of hydrogen-bond acceptors (Lipinski definition) is 2. The number of alkyl halides is 3. The molecule has 1 aromatic rings. The van der Waals surface area contributed by atoms with E-state index in [-0.39, 0.29) is 17.9 Å². The van der Waals surface area contributed by atoms with Crippen LogP contribution in [0.4, 0.5) is 22.4 Å². The molecule has 1 atom stereocenters. The molecule has 1 aliphatic rings. The molecule has 0 saturated heterocycles. The highest BCUT2D eigenvalue weighted by Gasteiger charge is 2.37. The van der Waals surface area contributed by atoms with Crippen molar-refractivity contribution in [1.82, 2.24) is 4.90 Å². The summed E-state index contributed by atoms with van der Waals surface area (Å²) < 4.78 is 51.6. The van der Waals surface area contributed by atoms with Crippen LogP contribution in [0, 0.1) is 5.82 Å². The highest BCUT2D eigenvalue weighted by atomic mass is 19.4. The molecule has 0 aliphatic carbocycles. The molecule has 21 heavy (non-hydrogen) atoms. The maximum atomic E-state index is 13.4. The van der Waals surface area contributed by atoms with Gasteiger partial charge in [0.25, 0.3) is 0 Å². The van der Waals surface area contributed by atoms with Crippen LogP contribution in [0.1, 0.15) is 17.2 Å². The minimum atomic E-state index is -4.70. The lowest BCUT2D eigenvalue weighted by Gasteiger charge is -2.24. The summed E-state index contributed by atoms with van der Waals surface area (Å²) in [5.74, 6) is -1.24. The second kappa shape index (κ2) is 5.19. The van der Waals surface area contributed by atoms with Gasteiger partial charge >= 0.3 is 12.2 Å². The Hall–Kier alpha value is -2.38. The summed E-state index contributed by atoms with van der Waals surface area (Å²) in [6.07, 6.45) is -3.32. The fourth-order valence-electron chi connectivity index (χ4n) is 2.11. The second-order valence-corrected chi connectivity index (χ2v) is 4.43. The van der Waals surface area contributed by atoms with E-state index in [1.165, 1.54) is 6.08 Å². The van der Waals surface area contributed by atoms with Crippen molar-refractivity contribution >= 4 is 11.9 Å². The average molecular weight is 301 g/mol. The van der Waals surface area contributed by atoms with Crippen molar-refractivity contribution in [2.24, 2.45) is 10.7 Å². The third-order valence-corrected chi connectivity index (χ3v) is 2.95. The van der Waals surface area contributed by atoms with Crippen LogP contribution in [0.25, 0.3) is 0 Å². The van der Waals surface area contributed by atoms with Gasteiger partial charge in [-0.3, -0.25) is 0 Å². The zero-order valence-corrected chi connectivity index (χ0v) is 10.7. The van der Waals surface area contributed by atoms with Gasteiger partial charge < -0.3 is 10.6 Å². The van der Waals surface area contributed by atoms with Gasteiger partial charge in [0.2, 0.25) is 0 Å². The zero-order chi connectivity index (χ0) is 15.8. The topological polar surface area (TPSA) is 58.7 Å². The van der Waals surface area contributed by atoms with Crippen LogP contribution < -0.4 is 5.73 Å². The van der Waals surface area contributed by atoms with Crippen LogP contribution in [0.5, 0.6) is 0 Å². The van der Waals surface area contributed by atoms with Crippen molar-refractivity contribution in [1.29, 1.82) is 0 Å². The quantitative estimate of drug-likeness (QED) is 0.689. The minimum Gasteiger partial charge on any atom is -0.385 e. The standard InChI is InChI=1S/C13H11F4N3O/c1-2-3-20-10(11(18)19-12(20)21)7-4-8(13(15,16)17)6-9(14)5-7/h2,4-6,10H,1,3H2,(H2,18,19,21). The highest BCUT2D eigenvalue weighted by Crippen LogP contribution is 2.34. The molecule has 8 heteroatoms. The molecule has 112 valence electrons. The minimum absolute atomic E-state index is 0.0333. The maximum Gasteiger partial charge on any atom is 0.416 e. The molecule has 0 radical (unpaired) electrons. The fraction of sp³-hybridized carbons (Fsp3) is 0.231. The molecule has 0 saturated carbocycles. The molecule has 2 N–H and O–H groups in total. The lowest BCUT2D eigenvalue weighted by molar-refractivity contribution is -0.137. The first-order valence-electron chi connectivity index (χ1n) is 5.87. The van der Waals surface area contributed by atoms with E-state index >= 15 is 0 Å². The second-order valence-electron chi connectivity index (χ2n) is 4.43. The van der Waals surface area contributed by atoms with Crippen molar-refractivity contribution in [2.45, 2.75) is 12.2 Å². The number of amides is 2. The van der Waals surface area contributed by atoms with E-state index in [0.717, 1.165) is 17.0 Å². The molecule has 1 aliphatic heterocycles. The molecule has 0 fully saturated rings. The summed E-state index contributed by atoms with van der Waals surface area (Å²) in [6.45, 7) is 3.48. The Morgan fingerprint density at radius 2 is 2.05 bits per heavy atom. The predicted molar refractivity (Wildman–Crippen MR) is 68.1 cm³/mol. The molecule has 4 nitrogen and oxygen atoms in total. The molecule has 0 aromatic heterocycles. The number of rotatable bonds is 3. The first-order valence-corrected chi connectivity index (χ1v) is 5.87. The number of urea groups is 1. The fourth-order valence-corrected chi connectivity index (χ4v) is 2.11. The monoisotopic (exact) mass is 301 g/mol. The van der Waals surface area contributed by atoms with Crippen LogP contribution in [0.3, 0.4) is 0 Å². The summed E-state index contributed by atoms with van der Waals surface area (Å²) >= 11 is 0. The van der Waals surface area contributed by atoms with Gasteiger partial charge in [-0.15, -0.1) is 6.58 Å². The SMILES string of the molecule is C=CCN1C(=O)N=C(N)C1c1cc(F)cc(C(F)(F)F)c1. The van der Waals surface area contributed by atoms with E-state index in [0.29, 0.717) is 6.07 Å². The van der Waals surface area contributed by atoms with E-state index in [9.17, 15) is 22.4 Å². The molecule has 2 rings (SSSR count). The number of carbonyl (C=O) groups is 1. The van der Waals surface area contributed by atoms with E-state index in [2.05, 4.69) is 11.6 Å². The third-order valence-electron chi connectivity index (χ3n) is 2.95. The van der Waals surface area contributed by atoms with Crippen LogP contribution in [0.15, 0.2) is 35.8 Å². The summed E-state index contributed by atoms with van der Waals surface area (Å²) in [6, 6.07) is 0.301. The number of nitrogens with two attached hydrogens (primary N) is 1. The summed E-state index contributed by atoms with van der Waals surface area (Å²) in [7, 11) is 0. The van der Waals surface area contributed by atoms with Crippen LogP contribution in [0.2, 0.25) is 0 Å². The van der Waals surface area contributed by atoms with Gasteiger partial charge in [-0.1, -0.05) is 6.08 Å². The average Bonchev–Trinajstić information content (AvgIpc) is 2.63. The summed E-state index contributed by atoms with van der Waals surface area (Å²) in [5, 5.41) is 0. The Kier molecular flexibility index (Phi) is 3.71. The molecule has 0 bridgehead atoms. The van der Waals surface area contributed by atoms with Gasteiger partial charge in [-0.2, -0.15) is 18.2 Å². The first kappa shape index (κ1) is 15.0. The van der Waals surface area contributed by atoms with Crippen LogP contribution >= 0.6 is 0 Å². The molecule has 0 spiro atoms. The number of halogens is 4. The van der Waals surface area contributed by atoms with Crippen molar-refractivity contribution in [2.75, 3.05) is 6.54 Å². The van der Waals surface area contributed by atoms with Gasteiger partial charge in [0.1, 0.15) is 17.7 Å². The maximum absolute atomic E-state index is 13.4. The van der Waals surface area contributed by atoms with E-state index in [1.54, 1.807) is 0 Å². The number of aliphatic imine (C=N–C) groups is 1. The third kappa shape index (κ3) is 2.88. The van der Waals surface area contributed by atoms with E-state index in [4.69, 9.17) is 5.73 Å². The smallest absolute Gasteiger partial charge is 0.385 e. The Bertz CT molecular complexity index is 624. The Labute approximate surface area is 117 Å². The van der Waals surface area contributed by atoms with E-state index < -0.39 is 29.6 Å². The summed E-state index contributed by atoms with van der Waals surface area (Å²) in [5.41, 5.74) is 4.34. The van der Waals surface area contributed by atoms with Gasteiger partial charge in [-0.25, -0.2) is 9.18 Å². The number of amidine groups is 1. The highest BCUT2D eigenvalue weighted by molar-refractivity contribution is 6.03. The lowest BCUT2D eigenvalue weighted by Crippen LogP contribution is -2.33. The number of nitrogens with zero attached hydrogens (tertiary/aromatic N) is 2. The molecule has 1 heterocycles. The summed E-state index contributed by atoms with van der Waals surface area (Å²) in [4.78, 5) is 16.2. The van der Waals surface area contributed by atoms with Crippen molar-refractivity contribution in [3.05, 3.63) is 47.8 Å². The molecule has 1 unspecified atom stereocenters. The van der Waals surface area contributed by atoms with Crippen molar-refractivity contribution < 1.29 is 22.4 Å². The Morgan fingerprint density at radius 3 is 2.62 bits per heavy atom. The van der Waals surface area contributed by atoms with Crippen LogP contribution in [-0.4, -0.2) is 23.3 Å². The first-order chi connectivity index (χ1) is 9.74. The number of hydrogen-bond donors (Lipinski definition) is 1. The van der Waals surface area contributed by atoms with Crippen molar-refractivity contribution in [3.63, 3.8) is 0 Å². The van der Waals surface area contributed by atoms with Gasteiger partial charge in [0.05, 0.1) is 5.56 Å². The zero-order valence-electron chi connectivity index (χ0n) is 10.7. The normalized spacial score (nSPS) is 18.9. The lowest BCUT2D eigenvalue weighted by atomic mass is 10.0. The Morgan fingerprint density at radius 1 is 1.38 bits per heavy atom. The van der Waals surface area contributed by atoms with Gasteiger partial charge in [-0.05, 0) is 23.8 Å². The molecule has 2 amide bonds. The largest absolute Gasteiger partial charge is 0.416 e. The molecule has 1 aromatic carbocycles.